The summed E-state index contributed by atoms with van der Waals surface area (Å²) < 4.78 is 0. The van der Waals surface area contributed by atoms with Crippen molar-refractivity contribution in [2.75, 3.05) is 0 Å². The van der Waals surface area contributed by atoms with Gasteiger partial charge in [0, 0.05) is 17.9 Å². The molecule has 2 rings (SSSR count). The fourth-order valence-electron chi connectivity index (χ4n) is 1.40. The normalized spacial score (nSPS) is 19.2. The van der Waals surface area contributed by atoms with Crippen LogP contribution in [0.1, 0.15) is 30.1 Å². The average Bonchev–Trinajstić information content (AvgIpc) is 2.87. The van der Waals surface area contributed by atoms with Crippen LogP contribution in [0, 0.1) is 12.8 Å². The number of rotatable bonds is 2. The molecule has 1 aliphatic carbocycles. The Labute approximate surface area is 72.8 Å². The second-order valence-electron chi connectivity index (χ2n) is 3.60. The molecule has 64 valence electrons. The van der Waals surface area contributed by atoms with Crippen molar-refractivity contribution in [3.05, 3.63) is 29.6 Å². The molecule has 1 aromatic rings. The van der Waals surface area contributed by atoms with Crippen LogP contribution in [0.2, 0.25) is 0 Å². The summed E-state index contributed by atoms with van der Waals surface area (Å²) in [5, 5.41) is 0. The van der Waals surface area contributed by atoms with E-state index in [1.54, 1.807) is 0 Å². The molecule has 1 saturated carbocycles. The van der Waals surface area contributed by atoms with E-state index >= 15 is 0 Å². The van der Waals surface area contributed by atoms with E-state index in [0.29, 0.717) is 0 Å². The summed E-state index contributed by atoms with van der Waals surface area (Å²) in [6, 6.07) is 4.33. The van der Waals surface area contributed by atoms with Crippen LogP contribution >= 0.6 is 0 Å². The molecule has 0 spiro atoms. The summed E-state index contributed by atoms with van der Waals surface area (Å²) in [4.78, 5) is 4.23. The highest BCUT2D eigenvalue weighted by Gasteiger charge is 2.29. The smallest absolute Gasteiger partial charge is 0.0372 e. The molecule has 2 nitrogen and oxygen atoms in total. The van der Waals surface area contributed by atoms with Gasteiger partial charge in [-0.15, -0.1) is 0 Å². The zero-order chi connectivity index (χ0) is 8.55. The first-order chi connectivity index (χ1) is 5.77. The van der Waals surface area contributed by atoms with Gasteiger partial charge in [0.15, 0.2) is 0 Å². The summed E-state index contributed by atoms with van der Waals surface area (Å²) in [5.74, 6) is 0.717. The van der Waals surface area contributed by atoms with Crippen molar-refractivity contribution in [3.63, 3.8) is 0 Å². The lowest BCUT2D eigenvalue weighted by molar-refractivity contribution is 0.630. The maximum absolute atomic E-state index is 6.01. The zero-order valence-electron chi connectivity index (χ0n) is 7.33. The number of nitrogens with two attached hydrogens (primary N) is 1. The van der Waals surface area contributed by atoms with Crippen molar-refractivity contribution in [2.24, 2.45) is 11.7 Å². The van der Waals surface area contributed by atoms with Gasteiger partial charge in [-0.2, -0.15) is 0 Å². The van der Waals surface area contributed by atoms with Gasteiger partial charge in [0.2, 0.25) is 0 Å². The second kappa shape index (κ2) is 2.87. The molecule has 0 amide bonds. The van der Waals surface area contributed by atoms with E-state index in [-0.39, 0.29) is 6.04 Å². The van der Waals surface area contributed by atoms with Crippen molar-refractivity contribution in [1.82, 2.24) is 4.98 Å². The Bertz CT molecular complexity index is 262. The van der Waals surface area contributed by atoms with Crippen LogP contribution in [0.25, 0.3) is 0 Å². The summed E-state index contributed by atoms with van der Waals surface area (Å²) in [6.07, 6.45) is 4.47. The molecule has 1 heterocycles. The monoisotopic (exact) mass is 162 g/mol. The van der Waals surface area contributed by atoms with E-state index in [0.717, 1.165) is 11.6 Å². The zero-order valence-corrected chi connectivity index (χ0v) is 7.33. The quantitative estimate of drug-likeness (QED) is 0.720. The number of hydrogen-bond acceptors (Lipinski definition) is 2. The van der Waals surface area contributed by atoms with Crippen LogP contribution in [-0.4, -0.2) is 4.98 Å². The predicted octanol–water partition coefficient (Wildman–Crippen LogP) is 1.80. The maximum atomic E-state index is 6.01. The molecule has 1 aliphatic rings. The summed E-state index contributed by atoms with van der Waals surface area (Å²) >= 11 is 0. The lowest BCUT2D eigenvalue weighted by Gasteiger charge is -2.09. The SMILES string of the molecule is Cc1ccc([C@H](N)C2CC2)cn1. The second-order valence-corrected chi connectivity index (χ2v) is 3.60. The number of aryl methyl sites for hydroxylation is 1. The Morgan fingerprint density at radius 1 is 1.50 bits per heavy atom. The van der Waals surface area contributed by atoms with Crippen molar-refractivity contribution < 1.29 is 0 Å². The third-order valence-corrected chi connectivity index (χ3v) is 2.45. The molecule has 1 aromatic heterocycles. The van der Waals surface area contributed by atoms with Gasteiger partial charge < -0.3 is 5.73 Å². The largest absolute Gasteiger partial charge is 0.324 e. The van der Waals surface area contributed by atoms with E-state index in [9.17, 15) is 0 Å². The average molecular weight is 162 g/mol. The molecule has 2 heteroatoms. The van der Waals surface area contributed by atoms with Gasteiger partial charge in [-0.3, -0.25) is 4.98 Å². The van der Waals surface area contributed by atoms with Crippen molar-refractivity contribution in [3.8, 4) is 0 Å². The van der Waals surface area contributed by atoms with Crippen LogP contribution < -0.4 is 5.73 Å². The maximum Gasteiger partial charge on any atom is 0.0372 e. The van der Waals surface area contributed by atoms with Crippen LogP contribution in [-0.2, 0) is 0 Å². The van der Waals surface area contributed by atoms with Crippen molar-refractivity contribution in [2.45, 2.75) is 25.8 Å². The Hall–Kier alpha value is -0.890. The molecular formula is C10H14N2. The van der Waals surface area contributed by atoms with Crippen LogP contribution in [0.3, 0.4) is 0 Å². The first-order valence-corrected chi connectivity index (χ1v) is 4.45. The van der Waals surface area contributed by atoms with Crippen molar-refractivity contribution >= 4 is 0 Å². The van der Waals surface area contributed by atoms with Gasteiger partial charge in [-0.05, 0) is 37.3 Å². The topological polar surface area (TPSA) is 38.9 Å². The molecule has 0 aromatic carbocycles. The van der Waals surface area contributed by atoms with E-state index in [1.165, 1.54) is 18.4 Å². The number of nitrogens with zero attached hydrogens (tertiary/aromatic N) is 1. The van der Waals surface area contributed by atoms with Gasteiger partial charge in [0.05, 0.1) is 0 Å². The molecule has 0 unspecified atom stereocenters. The van der Waals surface area contributed by atoms with Gasteiger partial charge >= 0.3 is 0 Å². The molecule has 0 radical (unpaired) electrons. The van der Waals surface area contributed by atoms with Gasteiger partial charge in [0.25, 0.3) is 0 Å². The molecule has 12 heavy (non-hydrogen) atoms. The Morgan fingerprint density at radius 2 is 2.25 bits per heavy atom. The minimum Gasteiger partial charge on any atom is -0.324 e. The third-order valence-electron chi connectivity index (χ3n) is 2.45. The number of pyridine rings is 1. The molecule has 1 atom stereocenters. The molecule has 0 bridgehead atoms. The molecule has 1 fully saturated rings. The molecule has 0 saturated heterocycles. The Morgan fingerprint density at radius 3 is 2.75 bits per heavy atom. The highest BCUT2D eigenvalue weighted by atomic mass is 14.7. The van der Waals surface area contributed by atoms with E-state index < -0.39 is 0 Å². The van der Waals surface area contributed by atoms with E-state index in [4.69, 9.17) is 5.73 Å². The predicted molar refractivity (Wildman–Crippen MR) is 48.6 cm³/mol. The van der Waals surface area contributed by atoms with Gasteiger partial charge in [-0.25, -0.2) is 0 Å². The minimum absolute atomic E-state index is 0.220. The lowest BCUT2D eigenvalue weighted by atomic mass is 10.1. The fourth-order valence-corrected chi connectivity index (χ4v) is 1.40. The number of hydrogen-bond donors (Lipinski definition) is 1. The highest BCUT2D eigenvalue weighted by molar-refractivity contribution is 5.18. The first kappa shape index (κ1) is 7.74. The first-order valence-electron chi connectivity index (χ1n) is 4.45. The van der Waals surface area contributed by atoms with E-state index in [1.807, 2.05) is 19.2 Å². The summed E-state index contributed by atoms with van der Waals surface area (Å²) in [5.41, 5.74) is 8.25. The molecule has 0 aliphatic heterocycles. The summed E-state index contributed by atoms with van der Waals surface area (Å²) in [7, 11) is 0. The molecule has 2 N–H and O–H groups in total. The van der Waals surface area contributed by atoms with Gasteiger partial charge in [-0.1, -0.05) is 6.07 Å². The van der Waals surface area contributed by atoms with Crippen LogP contribution in [0.15, 0.2) is 18.3 Å². The summed E-state index contributed by atoms with van der Waals surface area (Å²) in [6.45, 7) is 1.99. The third kappa shape index (κ3) is 1.48. The fraction of sp³-hybridized carbons (Fsp3) is 0.500. The number of aromatic nitrogens is 1. The highest BCUT2D eigenvalue weighted by Crippen LogP contribution is 2.39. The standard InChI is InChI=1S/C10H14N2/c1-7-2-3-9(6-12-7)10(11)8-4-5-8/h2-3,6,8,10H,4-5,11H2,1H3/t10-/m1/s1. The van der Waals surface area contributed by atoms with Crippen LogP contribution in [0.4, 0.5) is 0 Å². The van der Waals surface area contributed by atoms with Crippen LogP contribution in [0.5, 0.6) is 0 Å². The van der Waals surface area contributed by atoms with Gasteiger partial charge in [0.1, 0.15) is 0 Å². The van der Waals surface area contributed by atoms with E-state index in [2.05, 4.69) is 11.1 Å². The molecular weight excluding hydrogens is 148 g/mol. The Balaban J connectivity index is 2.16. The minimum atomic E-state index is 0.220. The van der Waals surface area contributed by atoms with Crippen molar-refractivity contribution in [1.29, 1.82) is 0 Å². The Kier molecular flexibility index (Phi) is 1.85. The lowest BCUT2D eigenvalue weighted by Crippen LogP contribution is -2.12.